The third-order valence-corrected chi connectivity index (χ3v) is 6.75. The molecule has 2 aromatic carbocycles. The molecular formula is C25H25N5O2S. The molecule has 4 aromatic rings. The van der Waals surface area contributed by atoms with Crippen LogP contribution in [0.1, 0.15) is 30.7 Å². The lowest BCUT2D eigenvalue weighted by molar-refractivity contribution is 0.240. The summed E-state index contributed by atoms with van der Waals surface area (Å²) < 4.78 is 5.23. The lowest BCUT2D eigenvalue weighted by Crippen LogP contribution is -2.35. The summed E-state index contributed by atoms with van der Waals surface area (Å²) >= 11 is 1.43. The van der Waals surface area contributed by atoms with Crippen LogP contribution in [0.5, 0.6) is 5.75 Å². The molecule has 1 aliphatic rings. The van der Waals surface area contributed by atoms with Crippen molar-refractivity contribution in [2.45, 2.75) is 19.9 Å². The van der Waals surface area contributed by atoms with Crippen molar-refractivity contribution in [2.24, 2.45) is 5.92 Å². The fourth-order valence-corrected chi connectivity index (χ4v) is 5.18. The number of nitrogens with one attached hydrogen (secondary N) is 2. The number of fused-ring (bicyclic) bond motifs is 1. The highest BCUT2D eigenvalue weighted by atomic mass is 32.1. The number of hydrogen-bond donors (Lipinski definition) is 3. The number of methoxy groups -OCH3 is 1. The van der Waals surface area contributed by atoms with Gasteiger partial charge in [0.15, 0.2) is 0 Å². The Labute approximate surface area is 195 Å². The number of ether oxygens (including phenoxy) is 1. The van der Waals surface area contributed by atoms with Crippen LogP contribution in [0.2, 0.25) is 0 Å². The molecule has 1 aliphatic heterocycles. The number of H-pyrrole nitrogens is 1. The Kier molecular flexibility index (Phi) is 5.38. The molecule has 7 nitrogen and oxygen atoms in total. The topological polar surface area (TPSA) is 98.1 Å². The van der Waals surface area contributed by atoms with Crippen LogP contribution in [0, 0.1) is 11.3 Å². The summed E-state index contributed by atoms with van der Waals surface area (Å²) in [5.41, 5.74) is 4.11. The largest absolute Gasteiger partial charge is 0.510 e. The summed E-state index contributed by atoms with van der Waals surface area (Å²) in [5, 5.41) is 22.4. The minimum absolute atomic E-state index is 0.164. The number of hydrogen-bond acceptors (Lipinski definition) is 6. The van der Waals surface area contributed by atoms with E-state index in [1.165, 1.54) is 11.3 Å². The standard InChI is InChI=1S/C25H25N5O2S/c1-14(2)22(24-27-17-6-4-5-7-18(17)28-24)30-12-20(31)21(23(30)26)25-29-19(13-33-25)15-8-10-16(32-3)11-9-15/h4-11,13-14,22,26,31H,12H2,1-3H3,(H,27,28)/t22-/m1/s1. The fourth-order valence-electron chi connectivity index (χ4n) is 4.28. The number of benzene rings is 2. The summed E-state index contributed by atoms with van der Waals surface area (Å²) in [6.45, 7) is 4.46. The van der Waals surface area contributed by atoms with Crippen molar-refractivity contribution in [1.82, 2.24) is 19.9 Å². The first kappa shape index (κ1) is 21.2. The van der Waals surface area contributed by atoms with Gasteiger partial charge in [-0.1, -0.05) is 26.0 Å². The zero-order chi connectivity index (χ0) is 23.1. The molecule has 168 valence electrons. The molecule has 3 heterocycles. The number of amidine groups is 1. The molecule has 8 heteroatoms. The van der Waals surface area contributed by atoms with E-state index in [1.807, 2.05) is 58.8 Å². The van der Waals surface area contributed by atoms with E-state index in [1.54, 1.807) is 7.11 Å². The van der Waals surface area contributed by atoms with Crippen molar-refractivity contribution >= 4 is 33.8 Å². The molecule has 1 atom stereocenters. The van der Waals surface area contributed by atoms with E-state index >= 15 is 0 Å². The van der Waals surface area contributed by atoms with Crippen molar-refractivity contribution in [2.75, 3.05) is 13.7 Å². The predicted octanol–water partition coefficient (Wildman–Crippen LogP) is 5.65. The molecule has 2 aromatic heterocycles. The molecule has 0 saturated carbocycles. The van der Waals surface area contributed by atoms with Gasteiger partial charge in [-0.3, -0.25) is 5.41 Å². The van der Waals surface area contributed by atoms with Gasteiger partial charge in [-0.15, -0.1) is 11.3 Å². The van der Waals surface area contributed by atoms with Crippen molar-refractivity contribution in [1.29, 1.82) is 5.41 Å². The zero-order valence-electron chi connectivity index (χ0n) is 18.7. The Bertz CT molecular complexity index is 1320. The number of aromatic amines is 1. The molecule has 0 amide bonds. The van der Waals surface area contributed by atoms with Crippen molar-refractivity contribution in [3.05, 3.63) is 70.5 Å². The lowest BCUT2D eigenvalue weighted by atomic mass is 10.0. The first-order valence-electron chi connectivity index (χ1n) is 10.8. The average molecular weight is 460 g/mol. The summed E-state index contributed by atoms with van der Waals surface area (Å²) in [6.07, 6.45) is 0. The normalized spacial score (nSPS) is 15.2. The SMILES string of the molecule is COc1ccc(-c2csc(C3=C(O)CN([C@@H](c4nc5ccccc5[nH]4)C(C)C)C3=N)n2)cc1. The molecule has 0 saturated heterocycles. The third kappa shape index (κ3) is 3.76. The van der Waals surface area contributed by atoms with E-state index in [0.29, 0.717) is 10.6 Å². The molecule has 0 spiro atoms. The van der Waals surface area contributed by atoms with Crippen LogP contribution in [-0.4, -0.2) is 44.4 Å². The highest BCUT2D eigenvalue weighted by Crippen LogP contribution is 2.38. The van der Waals surface area contributed by atoms with Gasteiger partial charge in [-0.05, 0) is 42.3 Å². The zero-order valence-corrected chi connectivity index (χ0v) is 19.5. The van der Waals surface area contributed by atoms with Gasteiger partial charge >= 0.3 is 0 Å². The highest BCUT2D eigenvalue weighted by molar-refractivity contribution is 7.11. The number of aromatic nitrogens is 3. The van der Waals surface area contributed by atoms with Gasteiger partial charge in [0.05, 0.1) is 42.0 Å². The molecule has 33 heavy (non-hydrogen) atoms. The van der Waals surface area contributed by atoms with Gasteiger partial charge < -0.3 is 19.7 Å². The number of rotatable bonds is 6. The Hall–Kier alpha value is -3.65. The number of nitrogens with zero attached hydrogens (tertiary/aromatic N) is 3. The van der Waals surface area contributed by atoms with Gasteiger partial charge in [0, 0.05) is 10.9 Å². The van der Waals surface area contributed by atoms with E-state index < -0.39 is 0 Å². The summed E-state index contributed by atoms with van der Waals surface area (Å²) in [4.78, 5) is 14.8. The third-order valence-electron chi connectivity index (χ3n) is 5.89. The maximum absolute atomic E-state index is 10.9. The number of aliphatic hydroxyl groups excluding tert-OH is 1. The minimum atomic E-state index is -0.175. The molecule has 0 aliphatic carbocycles. The number of thiazole rings is 1. The van der Waals surface area contributed by atoms with Gasteiger partial charge in [0.25, 0.3) is 0 Å². The Balaban J connectivity index is 1.44. The van der Waals surface area contributed by atoms with Crippen molar-refractivity contribution in [3.8, 4) is 17.0 Å². The molecule has 3 N–H and O–H groups in total. The second-order valence-electron chi connectivity index (χ2n) is 8.39. The first-order chi connectivity index (χ1) is 16.0. The van der Waals surface area contributed by atoms with E-state index in [9.17, 15) is 5.11 Å². The fraction of sp³-hybridized carbons (Fsp3) is 0.240. The molecule has 0 fully saturated rings. The van der Waals surface area contributed by atoms with Gasteiger partial charge in [-0.2, -0.15) is 0 Å². The summed E-state index contributed by atoms with van der Waals surface area (Å²) in [5.74, 6) is 2.18. The van der Waals surface area contributed by atoms with E-state index in [-0.39, 0.29) is 30.1 Å². The van der Waals surface area contributed by atoms with E-state index in [4.69, 9.17) is 20.1 Å². The number of imidazole rings is 1. The molecule has 5 rings (SSSR count). The minimum Gasteiger partial charge on any atom is -0.510 e. The molecule has 0 unspecified atom stereocenters. The van der Waals surface area contributed by atoms with Crippen molar-refractivity contribution in [3.63, 3.8) is 0 Å². The van der Waals surface area contributed by atoms with Crippen molar-refractivity contribution < 1.29 is 9.84 Å². The van der Waals surface area contributed by atoms with Gasteiger partial charge in [-0.25, -0.2) is 9.97 Å². The first-order valence-corrected chi connectivity index (χ1v) is 11.7. The van der Waals surface area contributed by atoms with Crippen LogP contribution in [-0.2, 0) is 0 Å². The van der Waals surface area contributed by atoms with Crippen LogP contribution in [0.15, 0.2) is 59.7 Å². The second kappa shape index (κ2) is 8.37. The van der Waals surface area contributed by atoms with Crippen LogP contribution in [0.3, 0.4) is 0 Å². The highest BCUT2D eigenvalue weighted by Gasteiger charge is 2.37. The molecule has 0 bridgehead atoms. The smallest absolute Gasteiger partial charge is 0.135 e. The Morgan fingerprint density at radius 3 is 2.58 bits per heavy atom. The van der Waals surface area contributed by atoms with Crippen LogP contribution in [0.4, 0.5) is 0 Å². The predicted molar refractivity (Wildman–Crippen MR) is 132 cm³/mol. The number of para-hydroxylation sites is 2. The van der Waals surface area contributed by atoms with Crippen LogP contribution >= 0.6 is 11.3 Å². The van der Waals surface area contributed by atoms with Crippen LogP contribution in [0.25, 0.3) is 27.9 Å². The second-order valence-corrected chi connectivity index (χ2v) is 9.25. The number of aliphatic hydroxyl groups is 1. The maximum Gasteiger partial charge on any atom is 0.135 e. The maximum atomic E-state index is 10.9. The average Bonchev–Trinajstić information content (AvgIpc) is 3.51. The lowest BCUT2D eigenvalue weighted by Gasteiger charge is -2.31. The van der Waals surface area contributed by atoms with E-state index in [2.05, 4.69) is 18.8 Å². The Morgan fingerprint density at radius 1 is 1.12 bits per heavy atom. The summed E-state index contributed by atoms with van der Waals surface area (Å²) in [7, 11) is 1.64. The van der Waals surface area contributed by atoms with Gasteiger partial charge in [0.2, 0.25) is 0 Å². The quantitative estimate of drug-likeness (QED) is 0.346. The van der Waals surface area contributed by atoms with Crippen LogP contribution < -0.4 is 4.74 Å². The van der Waals surface area contributed by atoms with Gasteiger partial charge in [0.1, 0.15) is 28.2 Å². The molecular weight excluding hydrogens is 434 g/mol. The van der Waals surface area contributed by atoms with E-state index in [0.717, 1.165) is 33.9 Å². The monoisotopic (exact) mass is 459 g/mol. The molecule has 0 radical (unpaired) electrons. The summed E-state index contributed by atoms with van der Waals surface area (Å²) in [6, 6.07) is 15.4. The Morgan fingerprint density at radius 2 is 1.88 bits per heavy atom.